The Hall–Kier alpha value is -1.20. The van der Waals surface area contributed by atoms with E-state index in [1.807, 2.05) is 0 Å². The van der Waals surface area contributed by atoms with Crippen molar-refractivity contribution in [2.75, 3.05) is 6.61 Å². The number of alkyl halides is 2. The van der Waals surface area contributed by atoms with Gasteiger partial charge in [0, 0.05) is 6.54 Å². The maximum atomic E-state index is 11.9. The molecule has 1 aromatic carbocycles. The Bertz CT molecular complexity index is 318. The number of aliphatic hydroxyl groups excluding tert-OH is 1. The van der Waals surface area contributed by atoms with Crippen LogP contribution in [-0.4, -0.2) is 18.1 Å². The molecule has 84 valence electrons. The van der Waals surface area contributed by atoms with Crippen LogP contribution >= 0.6 is 0 Å². The number of aliphatic hydroxyl groups is 1. The Balaban J connectivity index is 2.74. The number of hydrogen-bond acceptors (Lipinski definition) is 3. The molecule has 0 radical (unpaired) electrons. The fourth-order valence-corrected chi connectivity index (χ4v) is 1.20. The van der Waals surface area contributed by atoms with E-state index in [1.165, 1.54) is 6.07 Å². The summed E-state index contributed by atoms with van der Waals surface area (Å²) in [5, 5.41) is 8.94. The zero-order chi connectivity index (χ0) is 11.3. The van der Waals surface area contributed by atoms with Crippen molar-refractivity contribution in [2.45, 2.75) is 19.6 Å². The fraction of sp³-hybridized carbons (Fsp3) is 0.400. The molecule has 0 aliphatic rings. The smallest absolute Gasteiger partial charge is 0.272 e. The van der Waals surface area contributed by atoms with E-state index in [0.29, 0.717) is 16.9 Å². The fourth-order valence-electron chi connectivity index (χ4n) is 1.20. The Morgan fingerprint density at radius 1 is 1.33 bits per heavy atom. The van der Waals surface area contributed by atoms with Crippen molar-refractivity contribution < 1.29 is 18.6 Å². The average molecular weight is 217 g/mol. The molecule has 1 aromatic rings. The number of rotatable bonds is 5. The number of benzene rings is 1. The van der Waals surface area contributed by atoms with Crippen LogP contribution in [0, 0.1) is 0 Å². The summed E-state index contributed by atoms with van der Waals surface area (Å²) in [5.74, 6) is 0.341. The summed E-state index contributed by atoms with van der Waals surface area (Å²) in [7, 11) is 0. The molecule has 0 unspecified atom stereocenters. The maximum absolute atomic E-state index is 11.9. The van der Waals surface area contributed by atoms with Crippen molar-refractivity contribution in [2.24, 2.45) is 5.73 Å². The third-order valence-corrected chi connectivity index (χ3v) is 1.94. The molecule has 0 aliphatic carbocycles. The summed E-state index contributed by atoms with van der Waals surface area (Å²) in [6, 6.07) is 4.71. The van der Waals surface area contributed by atoms with Gasteiger partial charge in [-0.05, 0) is 23.3 Å². The van der Waals surface area contributed by atoms with Crippen LogP contribution in [0.15, 0.2) is 18.2 Å². The Labute approximate surface area is 86.5 Å². The first-order chi connectivity index (χ1) is 7.17. The minimum atomic E-state index is -2.50. The Morgan fingerprint density at radius 2 is 2.07 bits per heavy atom. The average Bonchev–Trinajstić information content (AvgIpc) is 2.25. The Kier molecular flexibility index (Phi) is 4.45. The molecule has 0 aromatic heterocycles. The van der Waals surface area contributed by atoms with Gasteiger partial charge in [-0.2, -0.15) is 0 Å². The van der Waals surface area contributed by atoms with Crippen LogP contribution in [0.2, 0.25) is 0 Å². The second kappa shape index (κ2) is 5.63. The number of ether oxygens (including phenoxy) is 1. The molecule has 1 rings (SSSR count). The van der Waals surface area contributed by atoms with E-state index in [9.17, 15) is 8.78 Å². The SMILES string of the molecule is NCc1cc(OCC(F)F)ccc1CO. The molecule has 0 aliphatic heterocycles. The molecule has 0 bridgehead atoms. The van der Waals surface area contributed by atoms with E-state index in [0.717, 1.165) is 0 Å². The molecule has 0 fully saturated rings. The highest BCUT2D eigenvalue weighted by Crippen LogP contribution is 2.18. The van der Waals surface area contributed by atoms with E-state index in [2.05, 4.69) is 0 Å². The molecule has 0 atom stereocenters. The third-order valence-electron chi connectivity index (χ3n) is 1.94. The largest absolute Gasteiger partial charge is 0.488 e. The van der Waals surface area contributed by atoms with Crippen LogP contribution in [0.4, 0.5) is 8.78 Å². The summed E-state index contributed by atoms with van der Waals surface area (Å²) in [4.78, 5) is 0. The molecule has 0 heterocycles. The predicted molar refractivity (Wildman–Crippen MR) is 51.8 cm³/mol. The van der Waals surface area contributed by atoms with Crippen molar-refractivity contribution in [3.8, 4) is 5.75 Å². The van der Waals surface area contributed by atoms with Gasteiger partial charge in [-0.1, -0.05) is 6.07 Å². The van der Waals surface area contributed by atoms with E-state index >= 15 is 0 Å². The second-order valence-corrected chi connectivity index (χ2v) is 2.99. The molecule has 0 saturated carbocycles. The predicted octanol–water partition coefficient (Wildman–Crippen LogP) is 1.28. The lowest BCUT2D eigenvalue weighted by Crippen LogP contribution is -2.08. The lowest BCUT2D eigenvalue weighted by atomic mass is 10.1. The van der Waals surface area contributed by atoms with Gasteiger partial charge in [0.2, 0.25) is 0 Å². The zero-order valence-electron chi connectivity index (χ0n) is 8.12. The first-order valence-electron chi connectivity index (χ1n) is 4.51. The van der Waals surface area contributed by atoms with Crippen LogP contribution in [-0.2, 0) is 13.2 Å². The molecular weight excluding hydrogens is 204 g/mol. The first kappa shape index (κ1) is 11.9. The minimum absolute atomic E-state index is 0.123. The van der Waals surface area contributed by atoms with Gasteiger partial charge >= 0.3 is 0 Å². The Morgan fingerprint density at radius 3 is 2.60 bits per heavy atom. The lowest BCUT2D eigenvalue weighted by molar-refractivity contribution is 0.0818. The maximum Gasteiger partial charge on any atom is 0.272 e. The highest BCUT2D eigenvalue weighted by atomic mass is 19.3. The second-order valence-electron chi connectivity index (χ2n) is 2.99. The molecule has 3 N–H and O–H groups in total. The normalized spacial score (nSPS) is 10.7. The topological polar surface area (TPSA) is 55.5 Å². The van der Waals surface area contributed by atoms with Crippen molar-refractivity contribution in [1.29, 1.82) is 0 Å². The van der Waals surface area contributed by atoms with Gasteiger partial charge in [-0.25, -0.2) is 8.78 Å². The van der Waals surface area contributed by atoms with E-state index in [4.69, 9.17) is 15.6 Å². The van der Waals surface area contributed by atoms with E-state index < -0.39 is 13.0 Å². The van der Waals surface area contributed by atoms with Gasteiger partial charge in [0.05, 0.1) is 6.61 Å². The summed E-state index contributed by atoms with van der Waals surface area (Å²) < 4.78 is 28.5. The van der Waals surface area contributed by atoms with E-state index in [-0.39, 0.29) is 13.2 Å². The van der Waals surface area contributed by atoms with Crippen LogP contribution in [0.1, 0.15) is 11.1 Å². The molecule has 0 amide bonds. The molecule has 3 nitrogen and oxygen atoms in total. The number of hydrogen-bond donors (Lipinski definition) is 2. The monoisotopic (exact) mass is 217 g/mol. The van der Waals surface area contributed by atoms with Crippen molar-refractivity contribution >= 4 is 0 Å². The molecule has 0 saturated heterocycles. The van der Waals surface area contributed by atoms with Crippen molar-refractivity contribution in [3.63, 3.8) is 0 Å². The number of halogens is 2. The number of nitrogens with two attached hydrogens (primary N) is 1. The van der Waals surface area contributed by atoms with Crippen LogP contribution in [0.5, 0.6) is 5.75 Å². The highest BCUT2D eigenvalue weighted by molar-refractivity contribution is 5.35. The van der Waals surface area contributed by atoms with Crippen molar-refractivity contribution in [1.82, 2.24) is 0 Å². The molecule has 0 spiro atoms. The standard InChI is InChI=1S/C10H13F2NO2/c11-10(12)6-15-9-2-1-7(5-14)8(3-9)4-13/h1-3,10,14H,4-6,13H2. The summed E-state index contributed by atoms with van der Waals surface area (Å²) in [6.45, 7) is -0.522. The van der Waals surface area contributed by atoms with Gasteiger partial charge in [0.25, 0.3) is 6.43 Å². The van der Waals surface area contributed by atoms with Gasteiger partial charge < -0.3 is 15.6 Å². The third kappa shape index (κ3) is 3.45. The minimum Gasteiger partial charge on any atom is -0.488 e. The van der Waals surface area contributed by atoms with Gasteiger partial charge in [0.15, 0.2) is 0 Å². The van der Waals surface area contributed by atoms with Crippen LogP contribution in [0.25, 0.3) is 0 Å². The van der Waals surface area contributed by atoms with Gasteiger partial charge in [-0.3, -0.25) is 0 Å². The molecule has 15 heavy (non-hydrogen) atoms. The van der Waals surface area contributed by atoms with Crippen LogP contribution < -0.4 is 10.5 Å². The lowest BCUT2D eigenvalue weighted by Gasteiger charge is -2.09. The van der Waals surface area contributed by atoms with Gasteiger partial charge in [-0.15, -0.1) is 0 Å². The molecule has 5 heteroatoms. The molecular formula is C10H13F2NO2. The first-order valence-corrected chi connectivity index (χ1v) is 4.51. The summed E-state index contributed by atoms with van der Waals surface area (Å²) >= 11 is 0. The summed E-state index contributed by atoms with van der Waals surface area (Å²) in [6.07, 6.45) is -2.50. The van der Waals surface area contributed by atoms with Gasteiger partial charge in [0.1, 0.15) is 12.4 Å². The zero-order valence-corrected chi connectivity index (χ0v) is 8.12. The summed E-state index contributed by atoms with van der Waals surface area (Å²) in [5.41, 5.74) is 6.82. The quantitative estimate of drug-likeness (QED) is 0.781. The highest BCUT2D eigenvalue weighted by Gasteiger charge is 2.06. The van der Waals surface area contributed by atoms with Crippen LogP contribution in [0.3, 0.4) is 0 Å². The van der Waals surface area contributed by atoms with E-state index in [1.54, 1.807) is 12.1 Å². The van der Waals surface area contributed by atoms with Crippen molar-refractivity contribution in [3.05, 3.63) is 29.3 Å².